The van der Waals surface area contributed by atoms with Crippen molar-refractivity contribution in [3.8, 4) is 0 Å². The second-order valence-corrected chi connectivity index (χ2v) is 6.73. The predicted octanol–water partition coefficient (Wildman–Crippen LogP) is 4.92. The van der Waals surface area contributed by atoms with Gasteiger partial charge in [-0.2, -0.15) is 0 Å². The number of aromatic nitrogens is 1. The van der Waals surface area contributed by atoms with Crippen LogP contribution in [0.15, 0.2) is 41.1 Å². The number of hydrogen-bond donors (Lipinski definition) is 1. The summed E-state index contributed by atoms with van der Waals surface area (Å²) >= 11 is 0. The smallest absolute Gasteiger partial charge is 0.0858 e. The van der Waals surface area contributed by atoms with Gasteiger partial charge in [-0.15, -0.1) is 0 Å². The first-order valence-electron chi connectivity index (χ1n) is 9.27. The van der Waals surface area contributed by atoms with Gasteiger partial charge in [0.2, 0.25) is 0 Å². The monoisotopic (exact) mass is 345 g/mol. The molecule has 4 heteroatoms. The van der Waals surface area contributed by atoms with Gasteiger partial charge in [0.15, 0.2) is 0 Å². The van der Waals surface area contributed by atoms with E-state index in [4.69, 9.17) is 9.73 Å². The third kappa shape index (κ3) is 6.91. The van der Waals surface area contributed by atoms with Crippen LogP contribution in [-0.2, 0) is 11.3 Å². The van der Waals surface area contributed by atoms with Crippen LogP contribution in [0.3, 0.4) is 0 Å². The number of ether oxygens (including phenoxy) is 1. The van der Waals surface area contributed by atoms with E-state index in [0.717, 1.165) is 17.9 Å². The Morgan fingerprint density at radius 3 is 2.60 bits per heavy atom. The summed E-state index contributed by atoms with van der Waals surface area (Å²) in [5.41, 5.74) is 4.69. The first kappa shape index (κ1) is 21.2. The number of aryl methyl sites for hydroxylation is 1. The molecule has 0 saturated carbocycles. The lowest BCUT2D eigenvalue weighted by Crippen LogP contribution is -2.17. The van der Waals surface area contributed by atoms with E-state index in [-0.39, 0.29) is 6.10 Å². The molecular formula is C21H35N3O. The van der Waals surface area contributed by atoms with Crippen molar-refractivity contribution >= 4 is 11.4 Å². The van der Waals surface area contributed by atoms with Crippen LogP contribution in [0.25, 0.3) is 0 Å². The summed E-state index contributed by atoms with van der Waals surface area (Å²) in [6.07, 6.45) is 8.72. The van der Waals surface area contributed by atoms with Gasteiger partial charge in [0.1, 0.15) is 0 Å². The SMILES string of the molecule is CCn1ccc(NC)c1C(=NC/C=C\C(C)=C/COC(C)C)C(C)C. The summed E-state index contributed by atoms with van der Waals surface area (Å²) in [4.78, 5) is 4.87. The minimum atomic E-state index is 0.266. The number of rotatable bonds is 10. The highest BCUT2D eigenvalue weighted by molar-refractivity contribution is 6.05. The second-order valence-electron chi connectivity index (χ2n) is 6.73. The fraction of sp³-hybridized carbons (Fsp3) is 0.571. The molecule has 1 aromatic heterocycles. The van der Waals surface area contributed by atoms with Gasteiger partial charge >= 0.3 is 0 Å². The quantitative estimate of drug-likeness (QED) is 0.483. The molecule has 0 unspecified atom stereocenters. The van der Waals surface area contributed by atoms with Crippen molar-refractivity contribution in [3.63, 3.8) is 0 Å². The Bertz CT molecular complexity index is 585. The summed E-state index contributed by atoms with van der Waals surface area (Å²) in [5.74, 6) is 0.372. The van der Waals surface area contributed by atoms with E-state index in [2.05, 4.69) is 68.1 Å². The number of hydrogen-bond acceptors (Lipinski definition) is 3. The van der Waals surface area contributed by atoms with E-state index in [1.807, 2.05) is 20.9 Å². The summed E-state index contributed by atoms with van der Waals surface area (Å²) in [6, 6.07) is 2.12. The maximum absolute atomic E-state index is 5.54. The van der Waals surface area contributed by atoms with Gasteiger partial charge in [0.05, 0.1) is 36.3 Å². The molecule has 0 spiro atoms. The summed E-state index contributed by atoms with van der Waals surface area (Å²) in [5, 5.41) is 3.28. The minimum absolute atomic E-state index is 0.266. The minimum Gasteiger partial charge on any atom is -0.386 e. The average Bonchev–Trinajstić information content (AvgIpc) is 2.96. The van der Waals surface area contributed by atoms with Crippen LogP contribution >= 0.6 is 0 Å². The van der Waals surface area contributed by atoms with Gasteiger partial charge in [0.25, 0.3) is 0 Å². The Labute approximate surface area is 153 Å². The molecule has 1 heterocycles. The van der Waals surface area contributed by atoms with Gasteiger partial charge in [0, 0.05) is 19.8 Å². The second kappa shape index (κ2) is 10.9. The molecule has 0 fully saturated rings. The Morgan fingerprint density at radius 2 is 2.04 bits per heavy atom. The lowest BCUT2D eigenvalue weighted by atomic mass is 10.0. The predicted molar refractivity (Wildman–Crippen MR) is 110 cm³/mol. The number of aliphatic imine (C=N–C) groups is 1. The topological polar surface area (TPSA) is 38.5 Å². The average molecular weight is 346 g/mol. The van der Waals surface area contributed by atoms with E-state index in [9.17, 15) is 0 Å². The molecule has 140 valence electrons. The van der Waals surface area contributed by atoms with Crippen LogP contribution in [0.4, 0.5) is 5.69 Å². The van der Waals surface area contributed by atoms with Gasteiger partial charge in [-0.05, 0) is 39.7 Å². The molecule has 0 radical (unpaired) electrons. The maximum atomic E-state index is 5.54. The van der Waals surface area contributed by atoms with Crippen molar-refractivity contribution in [2.75, 3.05) is 25.5 Å². The molecule has 0 aromatic carbocycles. The summed E-state index contributed by atoms with van der Waals surface area (Å²) < 4.78 is 7.79. The first-order valence-corrected chi connectivity index (χ1v) is 9.27. The molecule has 0 bridgehead atoms. The molecule has 0 aliphatic rings. The molecule has 0 atom stereocenters. The van der Waals surface area contributed by atoms with Crippen molar-refractivity contribution in [1.82, 2.24) is 4.57 Å². The van der Waals surface area contributed by atoms with Gasteiger partial charge < -0.3 is 14.6 Å². The van der Waals surface area contributed by atoms with Crippen LogP contribution in [0, 0.1) is 5.92 Å². The standard InChI is InChI=1S/C21H35N3O/c1-8-24-14-11-19(22-7)21(24)20(16(2)3)23-13-9-10-18(6)12-15-25-17(4)5/h9-12,14,16-17,22H,8,13,15H2,1-7H3/b10-9-,18-12-,23-20?. The van der Waals surface area contributed by atoms with Crippen molar-refractivity contribution in [3.05, 3.63) is 41.8 Å². The Balaban J connectivity index is 2.84. The van der Waals surface area contributed by atoms with Crippen LogP contribution in [-0.4, -0.2) is 36.6 Å². The van der Waals surface area contributed by atoms with E-state index in [0.29, 0.717) is 19.1 Å². The molecule has 1 aromatic rings. The van der Waals surface area contributed by atoms with Crippen LogP contribution in [0.1, 0.15) is 47.2 Å². The zero-order valence-electron chi connectivity index (χ0n) is 17.0. The van der Waals surface area contributed by atoms with Gasteiger partial charge in [-0.25, -0.2) is 0 Å². The zero-order valence-corrected chi connectivity index (χ0v) is 17.0. The van der Waals surface area contributed by atoms with Crippen molar-refractivity contribution in [2.45, 2.75) is 54.2 Å². The molecule has 0 aliphatic heterocycles. The van der Waals surface area contributed by atoms with Crippen LogP contribution in [0.2, 0.25) is 0 Å². The molecule has 0 amide bonds. The third-order valence-electron chi connectivity index (χ3n) is 3.95. The van der Waals surface area contributed by atoms with E-state index >= 15 is 0 Å². The van der Waals surface area contributed by atoms with E-state index in [1.165, 1.54) is 11.3 Å². The lowest BCUT2D eigenvalue weighted by molar-refractivity contribution is 0.102. The maximum Gasteiger partial charge on any atom is 0.0858 e. The van der Waals surface area contributed by atoms with E-state index in [1.54, 1.807) is 0 Å². The number of nitrogens with one attached hydrogen (secondary N) is 1. The molecule has 1 rings (SSSR count). The molecule has 0 saturated heterocycles. The zero-order chi connectivity index (χ0) is 18.8. The molecule has 1 N–H and O–H groups in total. The summed E-state index contributed by atoms with van der Waals surface area (Å²) in [7, 11) is 1.96. The molecule has 0 aliphatic carbocycles. The highest BCUT2D eigenvalue weighted by Gasteiger charge is 2.16. The highest BCUT2D eigenvalue weighted by atomic mass is 16.5. The number of allylic oxidation sites excluding steroid dienone is 2. The van der Waals surface area contributed by atoms with E-state index < -0.39 is 0 Å². The fourth-order valence-electron chi connectivity index (χ4n) is 2.58. The number of anilines is 1. The fourth-order valence-corrected chi connectivity index (χ4v) is 2.58. The van der Waals surface area contributed by atoms with Crippen LogP contribution < -0.4 is 5.32 Å². The summed E-state index contributed by atoms with van der Waals surface area (Å²) in [6.45, 7) is 15.0. The van der Waals surface area contributed by atoms with Crippen molar-refractivity contribution < 1.29 is 4.74 Å². The highest BCUT2D eigenvalue weighted by Crippen LogP contribution is 2.21. The molecule has 25 heavy (non-hydrogen) atoms. The van der Waals surface area contributed by atoms with Crippen molar-refractivity contribution in [1.29, 1.82) is 0 Å². The van der Waals surface area contributed by atoms with Crippen LogP contribution in [0.5, 0.6) is 0 Å². The van der Waals surface area contributed by atoms with Gasteiger partial charge in [-0.1, -0.05) is 37.6 Å². The Morgan fingerprint density at radius 1 is 1.32 bits per heavy atom. The largest absolute Gasteiger partial charge is 0.386 e. The molecule has 4 nitrogen and oxygen atoms in total. The first-order chi connectivity index (χ1) is 11.9. The Kier molecular flexibility index (Phi) is 9.28. The lowest BCUT2D eigenvalue weighted by Gasteiger charge is -2.15. The third-order valence-corrected chi connectivity index (χ3v) is 3.95. The molecular weight excluding hydrogens is 310 g/mol. The Hall–Kier alpha value is -1.81. The van der Waals surface area contributed by atoms with Crippen molar-refractivity contribution in [2.24, 2.45) is 10.9 Å². The van der Waals surface area contributed by atoms with Gasteiger partial charge in [-0.3, -0.25) is 4.99 Å². The number of nitrogens with zero attached hydrogens (tertiary/aromatic N) is 2. The normalized spacial score (nSPS) is 13.5.